The Kier molecular flexibility index (Phi) is 2.84. The van der Waals surface area contributed by atoms with E-state index < -0.39 is 5.97 Å². The molecule has 1 aliphatic heterocycles. The number of rotatable bonds is 3. The predicted octanol–water partition coefficient (Wildman–Crippen LogP) is 0.900. The fourth-order valence-electron chi connectivity index (χ4n) is 1.85. The van der Waals surface area contributed by atoms with E-state index >= 15 is 0 Å². The van der Waals surface area contributed by atoms with Crippen molar-refractivity contribution >= 4 is 5.97 Å². The van der Waals surface area contributed by atoms with E-state index in [1.165, 1.54) is 11.1 Å². The Hall–Kier alpha value is -1.92. The van der Waals surface area contributed by atoms with E-state index in [4.69, 9.17) is 5.11 Å². The molecule has 0 radical (unpaired) electrons. The number of aromatic nitrogens is 2. The van der Waals surface area contributed by atoms with Crippen LogP contribution in [0.1, 0.15) is 29.4 Å². The molecule has 7 heteroatoms. The van der Waals surface area contributed by atoms with Gasteiger partial charge in [-0.3, -0.25) is 9.69 Å². The summed E-state index contributed by atoms with van der Waals surface area (Å²) in [6, 6.07) is 1.64. The highest BCUT2D eigenvalue weighted by Gasteiger charge is 2.21. The van der Waals surface area contributed by atoms with Gasteiger partial charge in [0.1, 0.15) is 0 Å². The lowest BCUT2D eigenvalue weighted by atomic mass is 10.1. The summed E-state index contributed by atoms with van der Waals surface area (Å²) in [4.78, 5) is 20.9. The molecule has 0 unspecified atom stereocenters. The fraction of sp³-hybridized carbons (Fsp3) is 0.556. The van der Waals surface area contributed by atoms with Crippen LogP contribution in [0.3, 0.4) is 0 Å². The van der Waals surface area contributed by atoms with Gasteiger partial charge in [0.15, 0.2) is 5.69 Å². The molecule has 1 aromatic rings. The molecule has 0 bridgehead atoms. The molecule has 1 aliphatic rings. The Bertz CT molecular complexity index is 395. The van der Waals surface area contributed by atoms with E-state index in [0.29, 0.717) is 13.1 Å². The van der Waals surface area contributed by atoms with Gasteiger partial charge in [0.2, 0.25) is 0 Å². The Morgan fingerprint density at radius 1 is 1.50 bits per heavy atom. The van der Waals surface area contributed by atoms with Crippen molar-refractivity contribution in [2.24, 2.45) is 5.29 Å². The zero-order chi connectivity index (χ0) is 11.5. The molecular weight excluding hydrogens is 212 g/mol. The molecule has 0 amide bonds. The van der Waals surface area contributed by atoms with E-state index in [9.17, 15) is 9.70 Å². The summed E-state index contributed by atoms with van der Waals surface area (Å²) in [5, 5.41) is 17.0. The topological polar surface area (TPSA) is 87.8 Å². The second kappa shape index (κ2) is 4.30. The molecule has 86 valence electrons. The summed E-state index contributed by atoms with van der Waals surface area (Å²) in [5.41, 5.74) is 0.0518. The molecule has 0 aromatic carbocycles. The molecule has 16 heavy (non-hydrogen) atoms. The molecule has 2 heterocycles. The molecule has 0 saturated carbocycles. The number of piperidine rings is 1. The quantitative estimate of drug-likeness (QED) is 0.770. The van der Waals surface area contributed by atoms with Gasteiger partial charge < -0.3 is 5.11 Å². The molecular formula is C9H12N4O3. The van der Waals surface area contributed by atoms with Crippen molar-refractivity contribution in [1.82, 2.24) is 14.8 Å². The largest absolute Gasteiger partial charge is 0.476 e. The SMILES string of the molecule is O=NN1CCC(n2ccc(C(=O)O)n2)CC1. The Balaban J connectivity index is 2.02. The van der Waals surface area contributed by atoms with Gasteiger partial charge in [0.05, 0.1) is 11.3 Å². The predicted molar refractivity (Wildman–Crippen MR) is 54.8 cm³/mol. The first-order valence-corrected chi connectivity index (χ1v) is 5.07. The summed E-state index contributed by atoms with van der Waals surface area (Å²) < 4.78 is 1.66. The molecule has 1 fully saturated rings. The lowest BCUT2D eigenvalue weighted by Gasteiger charge is -2.27. The van der Waals surface area contributed by atoms with Crippen LogP contribution in [-0.2, 0) is 0 Å². The third-order valence-corrected chi connectivity index (χ3v) is 2.76. The standard InChI is InChI=1S/C9H12N4O3/c14-9(15)8-3-6-13(10-8)7-1-4-12(11-16)5-2-7/h3,6-7H,1-2,4-5H2,(H,14,15). The van der Waals surface area contributed by atoms with Crippen molar-refractivity contribution in [1.29, 1.82) is 0 Å². The van der Waals surface area contributed by atoms with E-state index in [1.807, 2.05) is 0 Å². The zero-order valence-corrected chi connectivity index (χ0v) is 8.61. The summed E-state index contributed by atoms with van der Waals surface area (Å²) in [5.74, 6) is -1.02. The van der Waals surface area contributed by atoms with Crippen LogP contribution in [0.2, 0.25) is 0 Å². The van der Waals surface area contributed by atoms with Crippen molar-refractivity contribution in [3.8, 4) is 0 Å². The van der Waals surface area contributed by atoms with Crippen LogP contribution in [0.4, 0.5) is 0 Å². The third-order valence-electron chi connectivity index (χ3n) is 2.76. The van der Waals surface area contributed by atoms with Crippen molar-refractivity contribution in [2.45, 2.75) is 18.9 Å². The van der Waals surface area contributed by atoms with E-state index in [0.717, 1.165) is 12.8 Å². The highest BCUT2D eigenvalue weighted by atomic mass is 16.4. The van der Waals surface area contributed by atoms with Crippen LogP contribution in [0.15, 0.2) is 17.5 Å². The minimum Gasteiger partial charge on any atom is -0.476 e. The van der Waals surface area contributed by atoms with Gasteiger partial charge in [-0.25, -0.2) is 4.79 Å². The number of aromatic carboxylic acids is 1. The number of nitrogens with zero attached hydrogens (tertiary/aromatic N) is 4. The number of hydrogen-bond acceptors (Lipinski definition) is 4. The zero-order valence-electron chi connectivity index (χ0n) is 8.61. The lowest BCUT2D eigenvalue weighted by Crippen LogP contribution is -2.30. The average molecular weight is 224 g/mol. The van der Waals surface area contributed by atoms with E-state index in [2.05, 4.69) is 10.4 Å². The maximum Gasteiger partial charge on any atom is 0.356 e. The summed E-state index contributed by atoms with van der Waals surface area (Å²) >= 11 is 0. The average Bonchev–Trinajstić information content (AvgIpc) is 2.78. The Morgan fingerprint density at radius 3 is 2.69 bits per heavy atom. The first kappa shape index (κ1) is 10.6. The van der Waals surface area contributed by atoms with Crippen molar-refractivity contribution in [3.63, 3.8) is 0 Å². The van der Waals surface area contributed by atoms with Gasteiger partial charge in [-0.15, -0.1) is 4.91 Å². The van der Waals surface area contributed by atoms with Crippen LogP contribution in [0.5, 0.6) is 0 Å². The molecule has 2 rings (SSSR count). The van der Waals surface area contributed by atoms with Gasteiger partial charge in [-0.1, -0.05) is 0 Å². The molecule has 0 aliphatic carbocycles. The monoisotopic (exact) mass is 224 g/mol. The number of hydrogen-bond donors (Lipinski definition) is 1. The highest BCUT2D eigenvalue weighted by Crippen LogP contribution is 2.21. The lowest BCUT2D eigenvalue weighted by molar-refractivity contribution is 0.0688. The molecule has 1 N–H and O–H groups in total. The second-order valence-corrected chi connectivity index (χ2v) is 3.75. The van der Waals surface area contributed by atoms with Gasteiger partial charge in [0, 0.05) is 19.3 Å². The molecule has 1 aromatic heterocycles. The van der Waals surface area contributed by atoms with E-state index in [-0.39, 0.29) is 11.7 Å². The summed E-state index contributed by atoms with van der Waals surface area (Å²) in [6.07, 6.45) is 3.18. The molecule has 0 atom stereocenters. The number of carboxylic acid groups (broad SMARTS) is 1. The van der Waals surface area contributed by atoms with E-state index in [1.54, 1.807) is 10.9 Å². The fourth-order valence-corrected chi connectivity index (χ4v) is 1.85. The van der Waals surface area contributed by atoms with Gasteiger partial charge >= 0.3 is 5.97 Å². The smallest absolute Gasteiger partial charge is 0.356 e. The Labute approximate surface area is 91.6 Å². The minimum atomic E-state index is -1.02. The first-order chi connectivity index (χ1) is 7.70. The van der Waals surface area contributed by atoms with Gasteiger partial charge in [0.25, 0.3) is 0 Å². The maximum atomic E-state index is 10.7. The van der Waals surface area contributed by atoms with Crippen LogP contribution < -0.4 is 0 Å². The first-order valence-electron chi connectivity index (χ1n) is 5.07. The Morgan fingerprint density at radius 2 is 2.19 bits per heavy atom. The van der Waals surface area contributed by atoms with Gasteiger partial charge in [-0.05, 0) is 18.9 Å². The van der Waals surface area contributed by atoms with Crippen molar-refractivity contribution in [2.75, 3.05) is 13.1 Å². The second-order valence-electron chi connectivity index (χ2n) is 3.75. The third kappa shape index (κ3) is 2.02. The maximum absolute atomic E-state index is 10.7. The van der Waals surface area contributed by atoms with Crippen LogP contribution >= 0.6 is 0 Å². The number of carbonyl (C=O) groups is 1. The van der Waals surface area contributed by atoms with Crippen molar-refractivity contribution in [3.05, 3.63) is 22.9 Å². The highest BCUT2D eigenvalue weighted by molar-refractivity contribution is 5.85. The van der Waals surface area contributed by atoms with Crippen LogP contribution in [0, 0.1) is 4.91 Å². The summed E-state index contributed by atoms with van der Waals surface area (Å²) in [6.45, 7) is 1.19. The summed E-state index contributed by atoms with van der Waals surface area (Å²) in [7, 11) is 0. The number of carboxylic acids is 1. The van der Waals surface area contributed by atoms with Crippen LogP contribution in [0.25, 0.3) is 0 Å². The normalized spacial score (nSPS) is 17.4. The molecule has 1 saturated heterocycles. The minimum absolute atomic E-state index is 0.0518. The van der Waals surface area contributed by atoms with Crippen LogP contribution in [-0.4, -0.2) is 39.0 Å². The van der Waals surface area contributed by atoms with Crippen molar-refractivity contribution < 1.29 is 9.90 Å². The molecule has 7 nitrogen and oxygen atoms in total. The molecule has 0 spiro atoms. The number of nitroso groups, excluding NO2 is 1. The van der Waals surface area contributed by atoms with Gasteiger partial charge in [-0.2, -0.15) is 5.10 Å².